The molecule has 0 aliphatic carbocycles. The van der Waals surface area contributed by atoms with Crippen molar-refractivity contribution in [3.63, 3.8) is 0 Å². The summed E-state index contributed by atoms with van der Waals surface area (Å²) in [6.45, 7) is 5.83. The minimum Gasteiger partial charge on any atom is -0.336 e. The lowest BCUT2D eigenvalue weighted by atomic mass is 10.2. The summed E-state index contributed by atoms with van der Waals surface area (Å²) in [5, 5.41) is 3.37. The van der Waals surface area contributed by atoms with E-state index < -0.39 is 0 Å². The van der Waals surface area contributed by atoms with Gasteiger partial charge in [-0.25, -0.2) is 4.98 Å². The second kappa shape index (κ2) is 8.76. The Labute approximate surface area is 159 Å². The minimum atomic E-state index is 0. The van der Waals surface area contributed by atoms with Gasteiger partial charge in [-0.15, -0.1) is 24.8 Å². The molecule has 0 bridgehead atoms. The molecule has 2 aliphatic rings. The number of amides is 1. The van der Waals surface area contributed by atoms with Crippen LogP contribution < -0.4 is 5.32 Å². The Morgan fingerprint density at radius 3 is 2.56 bits per heavy atom. The maximum atomic E-state index is 12.7. The van der Waals surface area contributed by atoms with Crippen molar-refractivity contribution in [1.29, 1.82) is 0 Å². The maximum absolute atomic E-state index is 12.7. The Morgan fingerprint density at radius 1 is 1.08 bits per heavy atom. The van der Waals surface area contributed by atoms with Crippen LogP contribution in [0.3, 0.4) is 0 Å². The van der Waals surface area contributed by atoms with E-state index >= 15 is 0 Å². The van der Waals surface area contributed by atoms with Crippen molar-refractivity contribution < 1.29 is 4.79 Å². The largest absolute Gasteiger partial charge is 0.336 e. The van der Waals surface area contributed by atoms with E-state index in [9.17, 15) is 4.79 Å². The lowest BCUT2D eigenvalue weighted by Gasteiger charge is -2.32. The number of carbonyl (C=O) groups is 1. The van der Waals surface area contributed by atoms with E-state index in [0.717, 1.165) is 56.7 Å². The highest BCUT2D eigenvalue weighted by atomic mass is 35.5. The summed E-state index contributed by atoms with van der Waals surface area (Å²) in [4.78, 5) is 26.0. The van der Waals surface area contributed by atoms with Gasteiger partial charge in [-0.1, -0.05) is 12.1 Å². The Bertz CT molecular complexity index is 723. The Balaban J connectivity index is 0.00000113. The Morgan fingerprint density at radius 2 is 1.80 bits per heavy atom. The molecule has 1 aromatic carbocycles. The van der Waals surface area contributed by atoms with Crippen LogP contribution in [0.5, 0.6) is 0 Å². The van der Waals surface area contributed by atoms with Gasteiger partial charge in [-0.3, -0.25) is 14.7 Å². The van der Waals surface area contributed by atoms with Gasteiger partial charge in [0, 0.05) is 45.3 Å². The lowest BCUT2D eigenvalue weighted by molar-refractivity contribution is 0.0767. The molecule has 8 heteroatoms. The molecule has 1 atom stereocenters. The van der Waals surface area contributed by atoms with Crippen LogP contribution in [0.1, 0.15) is 16.9 Å². The van der Waals surface area contributed by atoms with Crippen molar-refractivity contribution in [3.05, 3.63) is 36.2 Å². The number of piperazine rings is 1. The van der Waals surface area contributed by atoms with Crippen LogP contribution in [0.25, 0.3) is 11.0 Å². The molecular weight excluding hydrogens is 361 g/mol. The highest BCUT2D eigenvalue weighted by Crippen LogP contribution is 2.18. The lowest BCUT2D eigenvalue weighted by Crippen LogP contribution is -2.49. The first kappa shape index (κ1) is 19.8. The van der Waals surface area contributed by atoms with Gasteiger partial charge in [0.25, 0.3) is 5.91 Å². The van der Waals surface area contributed by atoms with Crippen LogP contribution in [-0.4, -0.2) is 71.0 Å². The predicted octanol–water partition coefficient (Wildman–Crippen LogP) is 1.59. The van der Waals surface area contributed by atoms with E-state index in [2.05, 4.69) is 20.2 Å². The molecule has 0 saturated carbocycles. The third kappa shape index (κ3) is 4.20. The molecule has 1 amide bonds. The quantitative estimate of drug-likeness (QED) is 0.852. The summed E-state index contributed by atoms with van der Waals surface area (Å²) in [7, 11) is 0. The number of benzene rings is 1. The molecular formula is C17H23Cl2N5O. The Hall–Kier alpha value is -1.47. The van der Waals surface area contributed by atoms with Crippen molar-refractivity contribution in [2.75, 3.05) is 39.3 Å². The van der Waals surface area contributed by atoms with Crippen molar-refractivity contribution in [1.82, 2.24) is 25.1 Å². The standard InChI is InChI=1S/C17H21N5O.2ClH/c23-17(16-11-19-14-3-1-2-4-15(14)20-16)22-8-5-13(12-22)21-9-6-18-7-10-21;;/h1-4,11,13,18H,5-10,12H2;2*1H. The number of carbonyl (C=O) groups excluding carboxylic acids is 1. The fourth-order valence-corrected chi connectivity index (χ4v) is 3.49. The number of hydrogen-bond donors (Lipinski definition) is 1. The van der Waals surface area contributed by atoms with Gasteiger partial charge in [0.05, 0.1) is 17.2 Å². The van der Waals surface area contributed by atoms with E-state index in [1.54, 1.807) is 6.20 Å². The molecule has 2 fully saturated rings. The number of hydrogen-bond acceptors (Lipinski definition) is 5. The monoisotopic (exact) mass is 383 g/mol. The van der Waals surface area contributed by atoms with Gasteiger partial charge in [0.15, 0.2) is 0 Å². The zero-order chi connectivity index (χ0) is 15.6. The van der Waals surface area contributed by atoms with E-state index in [-0.39, 0.29) is 30.7 Å². The summed E-state index contributed by atoms with van der Waals surface area (Å²) in [5.74, 6) is 0.000822. The van der Waals surface area contributed by atoms with Crippen molar-refractivity contribution in [2.45, 2.75) is 12.5 Å². The molecule has 1 unspecified atom stereocenters. The number of para-hydroxylation sites is 2. The second-order valence-electron chi connectivity index (χ2n) is 6.22. The summed E-state index contributed by atoms with van der Waals surface area (Å²) in [6.07, 6.45) is 2.65. The van der Waals surface area contributed by atoms with Crippen molar-refractivity contribution in [3.8, 4) is 0 Å². The van der Waals surface area contributed by atoms with E-state index in [4.69, 9.17) is 0 Å². The highest BCUT2D eigenvalue weighted by Gasteiger charge is 2.31. The van der Waals surface area contributed by atoms with Crippen molar-refractivity contribution in [2.24, 2.45) is 0 Å². The van der Waals surface area contributed by atoms with Crippen LogP contribution in [0, 0.1) is 0 Å². The summed E-state index contributed by atoms with van der Waals surface area (Å²) >= 11 is 0. The first-order valence-electron chi connectivity index (χ1n) is 8.27. The first-order chi connectivity index (χ1) is 11.3. The molecule has 136 valence electrons. The fourth-order valence-electron chi connectivity index (χ4n) is 3.49. The summed E-state index contributed by atoms with van der Waals surface area (Å²) in [5.41, 5.74) is 2.05. The molecule has 4 rings (SSSR count). The number of likely N-dealkylation sites (tertiary alicyclic amines) is 1. The topological polar surface area (TPSA) is 61.4 Å². The smallest absolute Gasteiger partial charge is 0.274 e. The van der Waals surface area contributed by atoms with Crippen LogP contribution in [-0.2, 0) is 0 Å². The third-order valence-corrected chi connectivity index (χ3v) is 4.79. The maximum Gasteiger partial charge on any atom is 0.274 e. The van der Waals surface area contributed by atoms with E-state index in [0.29, 0.717) is 11.7 Å². The molecule has 2 saturated heterocycles. The summed E-state index contributed by atoms with van der Waals surface area (Å²) in [6, 6.07) is 8.13. The number of nitrogens with zero attached hydrogens (tertiary/aromatic N) is 4. The molecule has 1 aromatic heterocycles. The van der Waals surface area contributed by atoms with Gasteiger partial charge in [0.1, 0.15) is 5.69 Å². The van der Waals surface area contributed by atoms with E-state index in [1.165, 1.54) is 0 Å². The molecule has 2 aliphatic heterocycles. The minimum absolute atomic E-state index is 0. The van der Waals surface area contributed by atoms with Crippen molar-refractivity contribution >= 4 is 41.8 Å². The van der Waals surface area contributed by atoms with E-state index in [1.807, 2.05) is 29.2 Å². The summed E-state index contributed by atoms with van der Waals surface area (Å²) < 4.78 is 0. The zero-order valence-corrected chi connectivity index (χ0v) is 15.6. The predicted molar refractivity (Wildman–Crippen MR) is 103 cm³/mol. The number of fused-ring (bicyclic) bond motifs is 1. The molecule has 0 spiro atoms. The fraction of sp³-hybridized carbons (Fsp3) is 0.471. The molecule has 6 nitrogen and oxygen atoms in total. The first-order valence-corrected chi connectivity index (χ1v) is 8.27. The molecule has 2 aromatic rings. The third-order valence-electron chi connectivity index (χ3n) is 4.79. The number of rotatable bonds is 2. The SMILES string of the molecule is Cl.Cl.O=C(c1cnc2ccccc2n1)N1CCC(N2CCNCC2)C1. The van der Waals surface area contributed by atoms with Crippen LogP contribution in [0.4, 0.5) is 0 Å². The molecule has 1 N–H and O–H groups in total. The highest BCUT2D eigenvalue weighted by molar-refractivity contribution is 5.94. The normalized spacial score (nSPS) is 20.8. The molecule has 3 heterocycles. The van der Waals surface area contributed by atoms with Gasteiger partial charge in [0.2, 0.25) is 0 Å². The number of aromatic nitrogens is 2. The average Bonchev–Trinajstić information content (AvgIpc) is 3.11. The van der Waals surface area contributed by atoms with Crippen LogP contribution in [0.15, 0.2) is 30.5 Å². The molecule has 0 radical (unpaired) electrons. The van der Waals surface area contributed by atoms with Gasteiger partial charge < -0.3 is 10.2 Å². The second-order valence-corrected chi connectivity index (χ2v) is 6.22. The Kier molecular flexibility index (Phi) is 6.95. The van der Waals surface area contributed by atoms with Crippen LogP contribution in [0.2, 0.25) is 0 Å². The van der Waals surface area contributed by atoms with Gasteiger partial charge >= 0.3 is 0 Å². The van der Waals surface area contributed by atoms with Gasteiger partial charge in [-0.2, -0.15) is 0 Å². The zero-order valence-electron chi connectivity index (χ0n) is 13.9. The molecule has 25 heavy (non-hydrogen) atoms. The number of halogens is 2. The average molecular weight is 384 g/mol. The van der Waals surface area contributed by atoms with Crippen LogP contribution >= 0.6 is 24.8 Å². The van der Waals surface area contributed by atoms with Gasteiger partial charge in [-0.05, 0) is 18.6 Å². The number of nitrogens with one attached hydrogen (secondary N) is 1.